The van der Waals surface area contributed by atoms with E-state index in [4.69, 9.17) is 5.26 Å². The lowest BCUT2D eigenvalue weighted by Crippen LogP contribution is -2.18. The molecule has 0 saturated heterocycles. The summed E-state index contributed by atoms with van der Waals surface area (Å²) in [5, 5.41) is 8.49. The number of halogens is 1. The van der Waals surface area contributed by atoms with Crippen LogP contribution < -0.4 is 0 Å². The van der Waals surface area contributed by atoms with Gasteiger partial charge < -0.3 is 0 Å². The van der Waals surface area contributed by atoms with Crippen molar-refractivity contribution in [2.45, 2.75) is 29.8 Å². The average Bonchev–Trinajstić information content (AvgIpc) is 1.87. The molecule has 0 aliphatic carbocycles. The van der Waals surface area contributed by atoms with Crippen LogP contribution in [0, 0.1) is 11.3 Å². The molecule has 0 heterocycles. The Labute approximate surface area is 75.3 Å². The number of nitrogens with zero attached hydrogens (tertiary/aromatic N) is 1. The van der Waals surface area contributed by atoms with Gasteiger partial charge in [-0.2, -0.15) is 17.0 Å². The third-order valence-corrected chi connectivity index (χ3v) is 3.16. The molecule has 3 heteroatoms. The zero-order valence-corrected chi connectivity index (χ0v) is 8.92. The lowest BCUT2D eigenvalue weighted by Gasteiger charge is -2.21. The molecule has 0 radical (unpaired) electrons. The van der Waals surface area contributed by atoms with E-state index in [-0.39, 0.29) is 9.57 Å². The van der Waals surface area contributed by atoms with Gasteiger partial charge in [-0.05, 0) is 12.7 Å². The molecule has 58 valence electrons. The molecule has 1 unspecified atom stereocenters. The van der Waals surface area contributed by atoms with Crippen molar-refractivity contribution in [2.75, 3.05) is 6.26 Å². The molecule has 1 nitrogen and oxygen atoms in total. The van der Waals surface area contributed by atoms with E-state index in [9.17, 15) is 0 Å². The molecule has 0 amide bonds. The molecule has 0 fully saturated rings. The lowest BCUT2D eigenvalue weighted by molar-refractivity contribution is 0.666. The van der Waals surface area contributed by atoms with Crippen LogP contribution in [0.25, 0.3) is 0 Å². The van der Waals surface area contributed by atoms with E-state index < -0.39 is 0 Å². The predicted molar refractivity (Wildman–Crippen MR) is 50.5 cm³/mol. The van der Waals surface area contributed by atoms with E-state index in [1.165, 1.54) is 0 Å². The Hall–Kier alpha value is 0.320. The van der Waals surface area contributed by atoms with E-state index in [1.54, 1.807) is 11.8 Å². The van der Waals surface area contributed by atoms with E-state index in [0.29, 0.717) is 0 Å². The first kappa shape index (κ1) is 10.3. The number of rotatable bonds is 3. The Morgan fingerprint density at radius 1 is 1.70 bits per heavy atom. The van der Waals surface area contributed by atoms with Gasteiger partial charge in [-0.1, -0.05) is 29.8 Å². The Morgan fingerprint density at radius 2 is 2.20 bits per heavy atom. The second-order valence-electron chi connectivity index (χ2n) is 2.76. The molecular formula is C7H12BrNS. The summed E-state index contributed by atoms with van der Waals surface area (Å²) in [6.07, 6.45) is 2.96. The van der Waals surface area contributed by atoms with Gasteiger partial charge in [0, 0.05) is 4.75 Å². The summed E-state index contributed by atoms with van der Waals surface area (Å²) in [5.41, 5.74) is 0. The van der Waals surface area contributed by atoms with Crippen LogP contribution in [-0.2, 0) is 0 Å². The fourth-order valence-corrected chi connectivity index (χ4v) is 1.92. The smallest absolute Gasteiger partial charge is 0.103 e. The van der Waals surface area contributed by atoms with Crippen LogP contribution in [0.4, 0.5) is 0 Å². The number of hydrogen-bond acceptors (Lipinski definition) is 2. The van der Waals surface area contributed by atoms with E-state index in [1.807, 2.05) is 0 Å². The highest BCUT2D eigenvalue weighted by Crippen LogP contribution is 2.28. The Kier molecular flexibility index (Phi) is 4.39. The maximum atomic E-state index is 8.49. The largest absolute Gasteiger partial charge is 0.197 e. The zero-order chi connectivity index (χ0) is 8.20. The van der Waals surface area contributed by atoms with Crippen molar-refractivity contribution in [2.24, 2.45) is 0 Å². The van der Waals surface area contributed by atoms with Crippen molar-refractivity contribution >= 4 is 27.7 Å². The summed E-state index contributed by atoms with van der Waals surface area (Å²) in [5.74, 6) is 0. The minimum atomic E-state index is -0.00468. The molecule has 0 spiro atoms. The highest BCUT2D eigenvalue weighted by Gasteiger charge is 2.19. The number of alkyl halides is 1. The summed E-state index contributed by atoms with van der Waals surface area (Å²) < 4.78 is 0.212. The summed E-state index contributed by atoms with van der Waals surface area (Å²) in [6, 6.07) is 2.16. The molecular weight excluding hydrogens is 210 g/mol. The fourth-order valence-electron chi connectivity index (χ4n) is 0.561. The van der Waals surface area contributed by atoms with Crippen LogP contribution in [0.2, 0.25) is 0 Å². The maximum Gasteiger partial charge on any atom is 0.103 e. The van der Waals surface area contributed by atoms with Gasteiger partial charge in [0.2, 0.25) is 0 Å². The van der Waals surface area contributed by atoms with Gasteiger partial charge in [-0.3, -0.25) is 0 Å². The van der Waals surface area contributed by atoms with Crippen LogP contribution in [0.15, 0.2) is 0 Å². The quantitative estimate of drug-likeness (QED) is 0.685. The normalized spacial score (nSPS) is 14.3. The standard InChI is InChI=1S/C7H12BrNS/c1-7(2,10-3)4-6(8)5-9/h6H,4H2,1-3H3. The first-order valence-electron chi connectivity index (χ1n) is 3.10. The van der Waals surface area contributed by atoms with Crippen molar-refractivity contribution in [1.29, 1.82) is 5.26 Å². The number of hydrogen-bond donors (Lipinski definition) is 0. The SMILES string of the molecule is CSC(C)(C)CC(Br)C#N. The van der Waals surface area contributed by atoms with Crippen LogP contribution in [0.1, 0.15) is 20.3 Å². The first-order valence-corrected chi connectivity index (χ1v) is 5.25. The maximum absolute atomic E-state index is 8.49. The van der Waals surface area contributed by atoms with Crippen molar-refractivity contribution in [3.63, 3.8) is 0 Å². The van der Waals surface area contributed by atoms with E-state index >= 15 is 0 Å². The molecule has 0 aromatic carbocycles. The molecule has 0 aromatic rings. The fraction of sp³-hybridized carbons (Fsp3) is 0.857. The molecule has 0 rings (SSSR count). The van der Waals surface area contributed by atoms with Gasteiger partial charge in [0.15, 0.2) is 0 Å². The Bertz CT molecular complexity index is 139. The predicted octanol–water partition coefficient (Wildman–Crippen LogP) is 2.81. The van der Waals surface area contributed by atoms with E-state index in [0.717, 1.165) is 6.42 Å². The van der Waals surface area contributed by atoms with Crippen LogP contribution in [0.3, 0.4) is 0 Å². The monoisotopic (exact) mass is 221 g/mol. The summed E-state index contributed by atoms with van der Waals surface area (Å²) >= 11 is 5.07. The second kappa shape index (κ2) is 4.25. The minimum absolute atomic E-state index is 0.00468. The van der Waals surface area contributed by atoms with Gasteiger partial charge in [-0.25, -0.2) is 0 Å². The summed E-state index contributed by atoms with van der Waals surface area (Å²) in [7, 11) is 0. The van der Waals surface area contributed by atoms with Gasteiger partial charge in [0.05, 0.1) is 6.07 Å². The summed E-state index contributed by atoms with van der Waals surface area (Å²) in [6.45, 7) is 4.28. The Balaban J connectivity index is 3.79. The average molecular weight is 222 g/mol. The Morgan fingerprint density at radius 3 is 2.50 bits per heavy atom. The lowest BCUT2D eigenvalue weighted by atomic mass is 10.1. The molecule has 0 bridgehead atoms. The van der Waals surface area contributed by atoms with Crippen LogP contribution in [0.5, 0.6) is 0 Å². The van der Waals surface area contributed by atoms with Gasteiger partial charge in [-0.15, -0.1) is 0 Å². The van der Waals surface area contributed by atoms with Crippen molar-refractivity contribution < 1.29 is 0 Å². The van der Waals surface area contributed by atoms with E-state index in [2.05, 4.69) is 42.1 Å². The van der Waals surface area contributed by atoms with Crippen molar-refractivity contribution in [3.05, 3.63) is 0 Å². The highest BCUT2D eigenvalue weighted by molar-refractivity contribution is 9.09. The van der Waals surface area contributed by atoms with Crippen molar-refractivity contribution in [1.82, 2.24) is 0 Å². The highest BCUT2D eigenvalue weighted by atomic mass is 79.9. The van der Waals surface area contributed by atoms with Gasteiger partial charge in [0.1, 0.15) is 4.83 Å². The first-order chi connectivity index (χ1) is 4.52. The van der Waals surface area contributed by atoms with Crippen LogP contribution in [-0.4, -0.2) is 15.8 Å². The number of nitriles is 1. The molecule has 10 heavy (non-hydrogen) atoms. The second-order valence-corrected chi connectivity index (χ2v) is 5.38. The molecule has 0 saturated carbocycles. The molecule has 0 aliphatic rings. The molecule has 0 N–H and O–H groups in total. The van der Waals surface area contributed by atoms with Gasteiger partial charge in [0.25, 0.3) is 0 Å². The summed E-state index contributed by atoms with van der Waals surface area (Å²) in [4.78, 5) is -0.00468. The van der Waals surface area contributed by atoms with Crippen LogP contribution >= 0.6 is 27.7 Å². The molecule has 0 aromatic heterocycles. The molecule has 0 aliphatic heterocycles. The minimum Gasteiger partial charge on any atom is -0.197 e. The third-order valence-electron chi connectivity index (χ3n) is 1.36. The van der Waals surface area contributed by atoms with Gasteiger partial charge >= 0.3 is 0 Å². The van der Waals surface area contributed by atoms with Crippen molar-refractivity contribution in [3.8, 4) is 6.07 Å². The third kappa shape index (κ3) is 4.19. The topological polar surface area (TPSA) is 23.8 Å². The number of thioether (sulfide) groups is 1. The molecule has 1 atom stereocenters. The zero-order valence-electron chi connectivity index (χ0n) is 6.52.